The molecule has 20 heavy (non-hydrogen) atoms. The minimum Gasteiger partial charge on any atom is -0.466 e. The summed E-state index contributed by atoms with van der Waals surface area (Å²) in [4.78, 5) is 11.2. The normalized spacial score (nSPS) is 12.5. The van der Waals surface area contributed by atoms with E-state index in [0.29, 0.717) is 13.3 Å². The zero-order chi connectivity index (χ0) is 14.6. The summed E-state index contributed by atoms with van der Waals surface area (Å²) in [6.45, 7) is 3.09. The van der Waals surface area contributed by atoms with E-state index in [0.717, 1.165) is 12.8 Å². The summed E-state index contributed by atoms with van der Waals surface area (Å²) in [6, 6.07) is 10.4. The van der Waals surface area contributed by atoms with Crippen molar-refractivity contribution in [1.29, 1.82) is 0 Å². The maximum absolute atomic E-state index is 11.2. The number of carbonyl (C=O) groups is 1. The molecule has 0 aliphatic rings. The van der Waals surface area contributed by atoms with Gasteiger partial charge in [-0.2, -0.15) is 0 Å². The van der Waals surface area contributed by atoms with Crippen LogP contribution in [0.25, 0.3) is 0 Å². The van der Waals surface area contributed by atoms with Crippen molar-refractivity contribution in [1.82, 2.24) is 5.32 Å². The van der Waals surface area contributed by atoms with E-state index in [1.54, 1.807) is 0 Å². The first-order valence-electron chi connectivity index (χ1n) is 6.87. The number of carbonyl (C=O) groups excluding carboxylic acids is 1. The molecule has 0 saturated carbocycles. The van der Waals surface area contributed by atoms with E-state index in [4.69, 9.17) is 4.74 Å². The maximum Gasteiger partial charge on any atom is 0.330 e. The molecule has 110 valence electrons. The molecule has 4 heteroatoms. The van der Waals surface area contributed by atoms with Crippen molar-refractivity contribution in [3.8, 4) is 0 Å². The quantitative estimate of drug-likeness (QED) is 0.326. The van der Waals surface area contributed by atoms with Crippen LogP contribution in [0.1, 0.15) is 18.9 Å². The second kappa shape index (κ2) is 10.2. The molecule has 0 radical (unpaired) electrons. The van der Waals surface area contributed by atoms with Crippen LogP contribution in [-0.4, -0.2) is 32.5 Å². The first-order chi connectivity index (χ1) is 9.76. The van der Waals surface area contributed by atoms with Gasteiger partial charge in [0.15, 0.2) is 0 Å². The second-order valence-corrected chi connectivity index (χ2v) is 4.35. The lowest BCUT2D eigenvalue weighted by molar-refractivity contribution is -0.134. The number of nitrogens with one attached hydrogen (secondary N) is 1. The van der Waals surface area contributed by atoms with Crippen LogP contribution >= 0.6 is 0 Å². The largest absolute Gasteiger partial charge is 0.466 e. The number of methoxy groups -OCH3 is 1. The van der Waals surface area contributed by atoms with Gasteiger partial charge in [0.25, 0.3) is 0 Å². The zero-order valence-corrected chi connectivity index (χ0v) is 12.2. The van der Waals surface area contributed by atoms with Crippen molar-refractivity contribution in [3.05, 3.63) is 48.0 Å². The van der Waals surface area contributed by atoms with E-state index in [1.165, 1.54) is 18.7 Å². The van der Waals surface area contributed by atoms with Gasteiger partial charge in [-0.25, -0.2) is 4.79 Å². The van der Waals surface area contributed by atoms with Gasteiger partial charge in [-0.1, -0.05) is 36.4 Å². The lowest BCUT2D eigenvalue weighted by Crippen LogP contribution is -2.30. The highest BCUT2D eigenvalue weighted by atomic mass is 16.5. The van der Waals surface area contributed by atoms with Gasteiger partial charge >= 0.3 is 5.97 Å². The first-order valence-corrected chi connectivity index (χ1v) is 6.87. The summed E-state index contributed by atoms with van der Waals surface area (Å²) in [5.41, 5.74) is 1.28. The van der Waals surface area contributed by atoms with Gasteiger partial charge in [-0.3, -0.25) is 5.32 Å². The molecule has 0 aromatic heterocycles. The summed E-state index contributed by atoms with van der Waals surface area (Å²) in [6.07, 6.45) is 5.11. The average Bonchev–Trinajstić information content (AvgIpc) is 2.50. The minimum atomic E-state index is -0.340. The summed E-state index contributed by atoms with van der Waals surface area (Å²) in [5, 5.41) is 3.25. The lowest BCUT2D eigenvalue weighted by atomic mass is 10.1. The van der Waals surface area contributed by atoms with Gasteiger partial charge in [0, 0.05) is 18.7 Å². The fourth-order valence-corrected chi connectivity index (χ4v) is 1.76. The highest BCUT2D eigenvalue weighted by molar-refractivity contribution is 5.81. The highest BCUT2D eigenvalue weighted by Crippen LogP contribution is 2.06. The van der Waals surface area contributed by atoms with Crippen molar-refractivity contribution in [2.45, 2.75) is 25.8 Å². The van der Waals surface area contributed by atoms with Gasteiger partial charge in [0.05, 0.1) is 13.8 Å². The molecule has 0 aliphatic heterocycles. The molecule has 0 heterocycles. The number of benzene rings is 1. The van der Waals surface area contributed by atoms with Crippen molar-refractivity contribution in [2.75, 3.05) is 20.4 Å². The van der Waals surface area contributed by atoms with Crippen molar-refractivity contribution in [3.63, 3.8) is 0 Å². The molecule has 0 spiro atoms. The molecule has 4 nitrogen and oxygen atoms in total. The zero-order valence-electron chi connectivity index (χ0n) is 12.2. The Kier molecular flexibility index (Phi) is 8.35. The maximum atomic E-state index is 11.2. The molecule has 0 fully saturated rings. The number of hydrogen-bond donors (Lipinski definition) is 1. The Morgan fingerprint density at radius 1 is 1.35 bits per heavy atom. The molecule has 0 bridgehead atoms. The topological polar surface area (TPSA) is 47.6 Å². The molecule has 1 unspecified atom stereocenters. The number of hydrogen-bond acceptors (Lipinski definition) is 4. The summed E-state index contributed by atoms with van der Waals surface area (Å²) >= 11 is 0. The Balaban J connectivity index is 2.48. The third-order valence-electron chi connectivity index (χ3n) is 2.90. The van der Waals surface area contributed by atoms with Crippen LogP contribution < -0.4 is 5.32 Å². The molecule has 0 amide bonds. The molecule has 0 aliphatic carbocycles. The van der Waals surface area contributed by atoms with E-state index in [9.17, 15) is 4.79 Å². The van der Waals surface area contributed by atoms with Crippen LogP contribution in [0.4, 0.5) is 0 Å². The number of ether oxygens (including phenoxy) is 2. The molecule has 1 rings (SSSR count). The number of aryl methyl sites for hydroxylation is 1. The van der Waals surface area contributed by atoms with Gasteiger partial charge in [0.1, 0.15) is 0 Å². The van der Waals surface area contributed by atoms with E-state index in [-0.39, 0.29) is 12.0 Å². The van der Waals surface area contributed by atoms with E-state index >= 15 is 0 Å². The third-order valence-corrected chi connectivity index (χ3v) is 2.90. The standard InChI is InChI=1S/C16H23NO3/c1-3-20-13-17-15(11-12-16(18)19-2)10-9-14-7-5-4-6-8-14/h4-8,11-12,15,17H,3,9-10,13H2,1-2H3. The van der Waals surface area contributed by atoms with Gasteiger partial charge in [-0.15, -0.1) is 0 Å². The molecule has 1 aromatic rings. The minimum absolute atomic E-state index is 0.0841. The summed E-state index contributed by atoms with van der Waals surface area (Å²) < 4.78 is 9.89. The van der Waals surface area contributed by atoms with E-state index in [1.807, 2.05) is 31.2 Å². The Morgan fingerprint density at radius 2 is 2.10 bits per heavy atom. The first kappa shape index (κ1) is 16.4. The van der Waals surface area contributed by atoms with Crippen LogP contribution in [0, 0.1) is 0 Å². The number of rotatable bonds is 9. The highest BCUT2D eigenvalue weighted by Gasteiger charge is 2.05. The molecule has 1 aromatic carbocycles. The van der Waals surface area contributed by atoms with Crippen LogP contribution in [0.5, 0.6) is 0 Å². The van der Waals surface area contributed by atoms with Crippen molar-refractivity contribution >= 4 is 5.97 Å². The summed E-state index contributed by atoms with van der Waals surface area (Å²) in [7, 11) is 1.37. The van der Waals surface area contributed by atoms with Gasteiger partial charge in [-0.05, 0) is 25.3 Å². The fourth-order valence-electron chi connectivity index (χ4n) is 1.76. The average molecular weight is 277 g/mol. The number of esters is 1. The Hall–Kier alpha value is -1.65. The fraction of sp³-hybridized carbons (Fsp3) is 0.438. The second-order valence-electron chi connectivity index (χ2n) is 4.35. The summed E-state index contributed by atoms with van der Waals surface area (Å²) in [5.74, 6) is -0.340. The van der Waals surface area contributed by atoms with Crippen molar-refractivity contribution < 1.29 is 14.3 Å². The van der Waals surface area contributed by atoms with Crippen LogP contribution in [0.2, 0.25) is 0 Å². The molecule has 1 atom stereocenters. The predicted molar refractivity (Wildman–Crippen MR) is 79.3 cm³/mol. The van der Waals surface area contributed by atoms with Gasteiger partial charge in [0.2, 0.25) is 0 Å². The third kappa shape index (κ3) is 7.07. The lowest BCUT2D eigenvalue weighted by Gasteiger charge is -2.15. The predicted octanol–water partition coefficient (Wildman–Crippen LogP) is 2.30. The smallest absolute Gasteiger partial charge is 0.330 e. The SMILES string of the molecule is CCOCNC(C=CC(=O)OC)CCc1ccccc1. The Labute approximate surface area is 120 Å². The van der Waals surface area contributed by atoms with Crippen molar-refractivity contribution in [2.24, 2.45) is 0 Å². The molecular formula is C16H23NO3. The Bertz CT molecular complexity index is 403. The Morgan fingerprint density at radius 3 is 2.75 bits per heavy atom. The van der Waals surface area contributed by atoms with Crippen LogP contribution in [0.15, 0.2) is 42.5 Å². The van der Waals surface area contributed by atoms with Crippen LogP contribution in [-0.2, 0) is 20.7 Å². The van der Waals surface area contributed by atoms with Gasteiger partial charge < -0.3 is 9.47 Å². The monoisotopic (exact) mass is 277 g/mol. The molecular weight excluding hydrogens is 254 g/mol. The van der Waals surface area contributed by atoms with Crippen LogP contribution in [0.3, 0.4) is 0 Å². The molecule has 1 N–H and O–H groups in total. The molecule has 0 saturated heterocycles. The van der Waals surface area contributed by atoms with E-state index < -0.39 is 0 Å². The van der Waals surface area contributed by atoms with E-state index in [2.05, 4.69) is 22.2 Å².